The highest BCUT2D eigenvalue weighted by Gasteiger charge is 2.02. The summed E-state index contributed by atoms with van der Waals surface area (Å²) in [5.41, 5.74) is 1.36. The predicted octanol–water partition coefficient (Wildman–Crippen LogP) is 1.61. The number of rotatable bonds is 3. The summed E-state index contributed by atoms with van der Waals surface area (Å²) < 4.78 is 5.10. The molecule has 70 valence electrons. The molecule has 1 aromatic rings. The van der Waals surface area contributed by atoms with E-state index in [1.54, 1.807) is 25.3 Å². The molecule has 1 aromatic carbocycles. The van der Waals surface area contributed by atoms with Crippen molar-refractivity contribution in [2.45, 2.75) is 0 Å². The Bertz CT molecular complexity index is 399. The lowest BCUT2D eigenvalue weighted by atomic mass is 10.2. The number of nitriles is 1. The number of nitrogens with zero attached hydrogens (tertiary/aromatic N) is 1. The summed E-state index contributed by atoms with van der Waals surface area (Å²) in [5.74, 6) is 3.09. The molecule has 0 amide bonds. The maximum Gasteiger partial charge on any atom is 0.143 e. The van der Waals surface area contributed by atoms with E-state index in [2.05, 4.69) is 11.2 Å². The van der Waals surface area contributed by atoms with Crippen molar-refractivity contribution < 1.29 is 4.74 Å². The Hall–Kier alpha value is -2.13. The number of hydrogen-bond donors (Lipinski definition) is 1. The highest BCUT2D eigenvalue weighted by atomic mass is 16.5. The summed E-state index contributed by atoms with van der Waals surface area (Å²) in [5, 5.41) is 11.7. The Morgan fingerprint density at radius 2 is 2.36 bits per heavy atom. The van der Waals surface area contributed by atoms with Crippen LogP contribution in [0.5, 0.6) is 5.75 Å². The average molecular weight is 186 g/mol. The van der Waals surface area contributed by atoms with Crippen LogP contribution >= 0.6 is 0 Å². The molecule has 3 heteroatoms. The van der Waals surface area contributed by atoms with Crippen molar-refractivity contribution in [3.63, 3.8) is 0 Å². The van der Waals surface area contributed by atoms with E-state index in [1.165, 1.54) is 0 Å². The van der Waals surface area contributed by atoms with Gasteiger partial charge in [-0.25, -0.2) is 0 Å². The predicted molar refractivity (Wildman–Crippen MR) is 55.0 cm³/mol. The Labute approximate surface area is 83.3 Å². The van der Waals surface area contributed by atoms with Gasteiger partial charge in [-0.1, -0.05) is 5.92 Å². The van der Waals surface area contributed by atoms with E-state index in [4.69, 9.17) is 16.4 Å². The Kier molecular flexibility index (Phi) is 3.41. The summed E-state index contributed by atoms with van der Waals surface area (Å²) in [6.07, 6.45) is 5.12. The Morgan fingerprint density at radius 3 is 2.93 bits per heavy atom. The normalized spacial score (nSPS) is 8.50. The van der Waals surface area contributed by atoms with Crippen LogP contribution in [0.1, 0.15) is 5.56 Å². The van der Waals surface area contributed by atoms with Crippen molar-refractivity contribution in [1.82, 2.24) is 0 Å². The second-order valence-electron chi connectivity index (χ2n) is 2.58. The van der Waals surface area contributed by atoms with Crippen LogP contribution in [-0.4, -0.2) is 13.7 Å². The molecule has 0 spiro atoms. The zero-order valence-corrected chi connectivity index (χ0v) is 7.87. The number of terminal acetylenes is 1. The fraction of sp³-hybridized carbons (Fsp3) is 0.182. The quantitative estimate of drug-likeness (QED) is 0.729. The van der Waals surface area contributed by atoms with E-state index in [-0.39, 0.29) is 0 Å². The van der Waals surface area contributed by atoms with Crippen LogP contribution in [0.2, 0.25) is 0 Å². The third-order valence-electron chi connectivity index (χ3n) is 1.71. The largest absolute Gasteiger partial charge is 0.495 e. The van der Waals surface area contributed by atoms with Crippen molar-refractivity contribution >= 4 is 5.69 Å². The molecule has 0 fully saturated rings. The van der Waals surface area contributed by atoms with Gasteiger partial charge in [-0.3, -0.25) is 0 Å². The molecule has 0 saturated carbocycles. The summed E-state index contributed by atoms with van der Waals surface area (Å²) in [4.78, 5) is 0. The highest BCUT2D eigenvalue weighted by molar-refractivity contribution is 5.59. The molecule has 14 heavy (non-hydrogen) atoms. The molecular formula is C11H10N2O. The standard InChI is InChI=1S/C11H10N2O/c1-3-6-13-10-5-4-9(8-12)7-11(10)14-2/h1,4-5,7,13H,6H2,2H3. The van der Waals surface area contributed by atoms with Crippen LogP contribution in [0.15, 0.2) is 18.2 Å². The molecule has 1 N–H and O–H groups in total. The zero-order valence-electron chi connectivity index (χ0n) is 7.87. The Morgan fingerprint density at radius 1 is 1.57 bits per heavy atom. The number of ether oxygens (including phenoxy) is 1. The van der Waals surface area contributed by atoms with E-state index in [0.29, 0.717) is 17.9 Å². The van der Waals surface area contributed by atoms with Crippen molar-refractivity contribution in [3.8, 4) is 24.2 Å². The maximum atomic E-state index is 8.67. The second kappa shape index (κ2) is 4.79. The smallest absolute Gasteiger partial charge is 0.143 e. The molecule has 0 unspecified atom stereocenters. The lowest BCUT2D eigenvalue weighted by Crippen LogP contribution is -2.00. The fourth-order valence-corrected chi connectivity index (χ4v) is 1.05. The van der Waals surface area contributed by atoms with Gasteiger partial charge in [0, 0.05) is 6.07 Å². The van der Waals surface area contributed by atoms with Gasteiger partial charge in [0.1, 0.15) is 5.75 Å². The molecule has 0 aliphatic carbocycles. The van der Waals surface area contributed by atoms with Gasteiger partial charge in [-0.15, -0.1) is 6.42 Å². The minimum atomic E-state index is 0.433. The van der Waals surface area contributed by atoms with Crippen molar-refractivity contribution in [3.05, 3.63) is 23.8 Å². The minimum Gasteiger partial charge on any atom is -0.495 e. The van der Waals surface area contributed by atoms with E-state index in [1.807, 2.05) is 6.07 Å². The number of nitrogens with one attached hydrogen (secondary N) is 1. The van der Waals surface area contributed by atoms with Crippen LogP contribution in [0.4, 0.5) is 5.69 Å². The van der Waals surface area contributed by atoms with Crippen molar-refractivity contribution in [2.75, 3.05) is 19.0 Å². The van der Waals surface area contributed by atoms with Gasteiger partial charge < -0.3 is 10.1 Å². The first kappa shape index (κ1) is 9.95. The molecule has 0 saturated heterocycles. The van der Waals surface area contributed by atoms with Gasteiger partial charge in [-0.2, -0.15) is 5.26 Å². The fourth-order valence-electron chi connectivity index (χ4n) is 1.05. The molecule has 0 atom stereocenters. The first-order chi connectivity index (χ1) is 6.81. The van der Waals surface area contributed by atoms with Gasteiger partial charge >= 0.3 is 0 Å². The van der Waals surface area contributed by atoms with Crippen LogP contribution < -0.4 is 10.1 Å². The van der Waals surface area contributed by atoms with E-state index in [0.717, 1.165) is 5.69 Å². The lowest BCUT2D eigenvalue weighted by molar-refractivity contribution is 0.416. The number of methoxy groups -OCH3 is 1. The number of benzene rings is 1. The first-order valence-corrected chi connectivity index (χ1v) is 4.07. The number of anilines is 1. The molecule has 0 bridgehead atoms. The van der Waals surface area contributed by atoms with Gasteiger partial charge in [0.25, 0.3) is 0 Å². The van der Waals surface area contributed by atoms with Crippen molar-refractivity contribution in [2.24, 2.45) is 0 Å². The zero-order chi connectivity index (χ0) is 10.4. The average Bonchev–Trinajstić information content (AvgIpc) is 2.26. The summed E-state index contributed by atoms with van der Waals surface area (Å²) in [7, 11) is 1.55. The minimum absolute atomic E-state index is 0.433. The van der Waals surface area contributed by atoms with Crippen LogP contribution in [0, 0.1) is 23.7 Å². The van der Waals surface area contributed by atoms with Gasteiger partial charge in [0.05, 0.1) is 31.0 Å². The van der Waals surface area contributed by atoms with Gasteiger partial charge in [-0.05, 0) is 12.1 Å². The molecule has 3 nitrogen and oxygen atoms in total. The van der Waals surface area contributed by atoms with Gasteiger partial charge in [0.15, 0.2) is 0 Å². The molecular weight excluding hydrogens is 176 g/mol. The SMILES string of the molecule is C#CCNc1ccc(C#N)cc1OC. The topological polar surface area (TPSA) is 45.0 Å². The van der Waals surface area contributed by atoms with Crippen molar-refractivity contribution in [1.29, 1.82) is 5.26 Å². The summed E-state index contributed by atoms with van der Waals surface area (Å²) in [6.45, 7) is 0.433. The molecule has 0 aliphatic heterocycles. The molecule has 0 aliphatic rings. The lowest BCUT2D eigenvalue weighted by Gasteiger charge is -2.08. The highest BCUT2D eigenvalue weighted by Crippen LogP contribution is 2.24. The van der Waals surface area contributed by atoms with E-state index >= 15 is 0 Å². The van der Waals surface area contributed by atoms with Crippen LogP contribution in [-0.2, 0) is 0 Å². The van der Waals surface area contributed by atoms with E-state index < -0.39 is 0 Å². The monoisotopic (exact) mass is 186 g/mol. The first-order valence-electron chi connectivity index (χ1n) is 4.07. The second-order valence-corrected chi connectivity index (χ2v) is 2.58. The third-order valence-corrected chi connectivity index (χ3v) is 1.71. The Balaban J connectivity index is 2.96. The summed E-state index contributed by atoms with van der Waals surface area (Å²) >= 11 is 0. The van der Waals surface area contributed by atoms with E-state index in [9.17, 15) is 0 Å². The molecule has 0 radical (unpaired) electrons. The van der Waals surface area contributed by atoms with Gasteiger partial charge in [0.2, 0.25) is 0 Å². The summed E-state index contributed by atoms with van der Waals surface area (Å²) in [6, 6.07) is 7.18. The van der Waals surface area contributed by atoms with Crippen LogP contribution in [0.25, 0.3) is 0 Å². The maximum absolute atomic E-state index is 8.67. The number of hydrogen-bond acceptors (Lipinski definition) is 3. The van der Waals surface area contributed by atoms with Crippen LogP contribution in [0.3, 0.4) is 0 Å². The molecule has 0 aromatic heterocycles. The molecule has 1 rings (SSSR count). The molecule has 0 heterocycles. The third kappa shape index (κ3) is 2.18.